The van der Waals surface area contributed by atoms with Gasteiger partial charge in [-0.15, -0.1) is 0 Å². The van der Waals surface area contributed by atoms with Crippen molar-refractivity contribution in [1.29, 1.82) is 0 Å². The fourth-order valence-electron chi connectivity index (χ4n) is 6.30. The third-order valence-corrected chi connectivity index (χ3v) is 8.42. The van der Waals surface area contributed by atoms with Crippen molar-refractivity contribution >= 4 is 17.5 Å². The van der Waals surface area contributed by atoms with Crippen molar-refractivity contribution in [2.75, 3.05) is 37.6 Å². The molecule has 1 aliphatic carbocycles. The Balaban J connectivity index is 1.11. The minimum Gasteiger partial charge on any atom is -0.370 e. The van der Waals surface area contributed by atoms with Gasteiger partial charge in [-0.1, -0.05) is 44.2 Å². The van der Waals surface area contributed by atoms with E-state index < -0.39 is 0 Å². The van der Waals surface area contributed by atoms with Gasteiger partial charge in [0.2, 0.25) is 11.8 Å². The molecule has 31 heavy (non-hydrogen) atoms. The van der Waals surface area contributed by atoms with E-state index in [2.05, 4.69) is 33.3 Å². The van der Waals surface area contributed by atoms with Crippen LogP contribution in [0.2, 0.25) is 0 Å². The SMILES string of the molecule is O=C1CCC(c2cccc(N3CC4(CCN(CCC5CCCCC5)CC4)C3)c2)C(=O)N1. The predicted octanol–water partition coefficient (Wildman–Crippen LogP) is 4.08. The minimum absolute atomic E-state index is 0.144. The molecular weight excluding hydrogens is 386 g/mol. The van der Waals surface area contributed by atoms with Gasteiger partial charge in [0, 0.05) is 30.6 Å². The molecule has 3 heterocycles. The van der Waals surface area contributed by atoms with Crippen LogP contribution in [-0.4, -0.2) is 49.4 Å². The van der Waals surface area contributed by atoms with Gasteiger partial charge in [0.05, 0.1) is 5.92 Å². The summed E-state index contributed by atoms with van der Waals surface area (Å²) in [6.07, 6.45) is 12.4. The molecular formula is C26H37N3O2. The maximum Gasteiger partial charge on any atom is 0.234 e. The van der Waals surface area contributed by atoms with Crippen LogP contribution in [0.1, 0.15) is 75.7 Å². The summed E-state index contributed by atoms with van der Waals surface area (Å²) in [7, 11) is 0. The molecule has 1 saturated carbocycles. The van der Waals surface area contributed by atoms with E-state index in [4.69, 9.17) is 0 Å². The van der Waals surface area contributed by atoms with Gasteiger partial charge in [-0.3, -0.25) is 14.9 Å². The van der Waals surface area contributed by atoms with E-state index in [1.54, 1.807) is 0 Å². The van der Waals surface area contributed by atoms with Gasteiger partial charge >= 0.3 is 0 Å². The Kier molecular flexibility index (Phi) is 6.05. The Morgan fingerprint density at radius 1 is 1.00 bits per heavy atom. The molecule has 5 nitrogen and oxygen atoms in total. The molecule has 0 radical (unpaired) electrons. The van der Waals surface area contributed by atoms with Crippen LogP contribution in [0.15, 0.2) is 24.3 Å². The third kappa shape index (κ3) is 4.67. The standard InChI is InChI=1S/C26H37N3O2/c30-24-10-9-23(25(31)27-24)21-7-4-8-22(17-21)29-18-26(19-29)12-15-28(16-13-26)14-11-20-5-2-1-3-6-20/h4,7-8,17,20,23H,1-3,5-6,9-16,18-19H2,(H,27,30,31). The number of anilines is 1. The van der Waals surface area contributed by atoms with Gasteiger partial charge < -0.3 is 9.80 Å². The topological polar surface area (TPSA) is 52.7 Å². The molecule has 1 spiro atoms. The number of hydrogen-bond donors (Lipinski definition) is 1. The molecule has 1 aromatic carbocycles. The van der Waals surface area contributed by atoms with Crippen LogP contribution < -0.4 is 10.2 Å². The quantitative estimate of drug-likeness (QED) is 0.725. The molecule has 1 unspecified atom stereocenters. The summed E-state index contributed by atoms with van der Waals surface area (Å²) < 4.78 is 0. The highest BCUT2D eigenvalue weighted by Crippen LogP contribution is 2.43. The maximum absolute atomic E-state index is 12.2. The monoisotopic (exact) mass is 423 g/mol. The van der Waals surface area contributed by atoms with Crippen LogP contribution in [0.3, 0.4) is 0 Å². The summed E-state index contributed by atoms with van der Waals surface area (Å²) in [5.41, 5.74) is 2.76. The molecule has 168 valence electrons. The molecule has 3 saturated heterocycles. The average Bonchev–Trinajstić information content (AvgIpc) is 2.77. The van der Waals surface area contributed by atoms with Gasteiger partial charge in [-0.05, 0) is 68.9 Å². The molecule has 5 rings (SSSR count). The zero-order valence-corrected chi connectivity index (χ0v) is 18.8. The van der Waals surface area contributed by atoms with Crippen molar-refractivity contribution in [3.63, 3.8) is 0 Å². The Hall–Kier alpha value is -1.88. The lowest BCUT2D eigenvalue weighted by atomic mass is 9.71. The molecule has 0 bridgehead atoms. The highest BCUT2D eigenvalue weighted by atomic mass is 16.2. The number of rotatable bonds is 5. The lowest BCUT2D eigenvalue weighted by molar-refractivity contribution is -0.134. The van der Waals surface area contributed by atoms with Gasteiger partial charge in [0.25, 0.3) is 0 Å². The Morgan fingerprint density at radius 2 is 1.77 bits per heavy atom. The number of amides is 2. The number of imide groups is 1. The summed E-state index contributed by atoms with van der Waals surface area (Å²) in [5.74, 6) is 0.502. The van der Waals surface area contributed by atoms with Crippen molar-refractivity contribution in [1.82, 2.24) is 10.2 Å². The van der Waals surface area contributed by atoms with Crippen LogP contribution in [0, 0.1) is 11.3 Å². The zero-order chi connectivity index (χ0) is 21.3. The highest BCUT2D eigenvalue weighted by molar-refractivity contribution is 6.01. The van der Waals surface area contributed by atoms with Gasteiger partial charge in [0.1, 0.15) is 0 Å². The zero-order valence-electron chi connectivity index (χ0n) is 18.8. The summed E-state index contributed by atoms with van der Waals surface area (Å²) >= 11 is 0. The molecule has 3 aliphatic heterocycles. The third-order valence-electron chi connectivity index (χ3n) is 8.42. The van der Waals surface area contributed by atoms with Crippen molar-refractivity contribution in [3.05, 3.63) is 29.8 Å². The number of carbonyl (C=O) groups is 2. The Labute approximate surface area is 186 Å². The fraction of sp³-hybridized carbons (Fsp3) is 0.692. The summed E-state index contributed by atoms with van der Waals surface area (Å²) in [6.45, 7) is 6.11. The van der Waals surface area contributed by atoms with Crippen LogP contribution in [0.5, 0.6) is 0 Å². The lowest BCUT2D eigenvalue weighted by Gasteiger charge is -2.55. The smallest absolute Gasteiger partial charge is 0.234 e. The molecule has 1 aromatic rings. The Bertz CT molecular complexity index is 801. The lowest BCUT2D eigenvalue weighted by Crippen LogP contribution is -2.60. The fourth-order valence-corrected chi connectivity index (χ4v) is 6.30. The molecule has 4 fully saturated rings. The summed E-state index contributed by atoms with van der Waals surface area (Å²) in [4.78, 5) is 28.9. The molecule has 4 aliphatic rings. The van der Waals surface area contributed by atoms with Crippen LogP contribution in [0.25, 0.3) is 0 Å². The predicted molar refractivity (Wildman–Crippen MR) is 123 cm³/mol. The first-order valence-electron chi connectivity index (χ1n) is 12.5. The molecule has 0 aromatic heterocycles. The van der Waals surface area contributed by atoms with E-state index >= 15 is 0 Å². The van der Waals surface area contributed by atoms with Crippen LogP contribution >= 0.6 is 0 Å². The first-order chi connectivity index (χ1) is 15.1. The van der Waals surface area contributed by atoms with Crippen molar-refractivity contribution in [3.8, 4) is 0 Å². The second kappa shape index (κ2) is 8.93. The second-order valence-corrected chi connectivity index (χ2v) is 10.6. The van der Waals surface area contributed by atoms with E-state index in [9.17, 15) is 9.59 Å². The highest BCUT2D eigenvalue weighted by Gasteiger charge is 2.45. The van der Waals surface area contributed by atoms with E-state index in [0.29, 0.717) is 18.3 Å². The Morgan fingerprint density at radius 3 is 2.52 bits per heavy atom. The molecule has 1 atom stereocenters. The molecule has 2 amide bonds. The second-order valence-electron chi connectivity index (χ2n) is 10.6. The van der Waals surface area contributed by atoms with E-state index in [1.165, 1.54) is 76.7 Å². The van der Waals surface area contributed by atoms with E-state index in [-0.39, 0.29) is 17.7 Å². The van der Waals surface area contributed by atoms with Crippen LogP contribution in [-0.2, 0) is 9.59 Å². The number of piperidine rings is 2. The van der Waals surface area contributed by atoms with Crippen molar-refractivity contribution in [2.24, 2.45) is 11.3 Å². The first kappa shape index (κ1) is 21.0. The van der Waals surface area contributed by atoms with Gasteiger partial charge in [0.15, 0.2) is 0 Å². The minimum atomic E-state index is -0.194. The summed E-state index contributed by atoms with van der Waals surface area (Å²) in [6, 6.07) is 8.44. The van der Waals surface area contributed by atoms with E-state index in [1.807, 2.05) is 6.07 Å². The number of likely N-dealkylation sites (tertiary alicyclic amines) is 1. The number of hydrogen-bond acceptors (Lipinski definition) is 4. The largest absolute Gasteiger partial charge is 0.370 e. The van der Waals surface area contributed by atoms with E-state index in [0.717, 1.165) is 24.6 Å². The normalized spacial score (nSPS) is 27.2. The first-order valence-corrected chi connectivity index (χ1v) is 12.5. The van der Waals surface area contributed by atoms with Crippen LogP contribution in [0.4, 0.5) is 5.69 Å². The number of benzene rings is 1. The van der Waals surface area contributed by atoms with Crippen molar-refractivity contribution in [2.45, 2.75) is 70.1 Å². The number of nitrogens with zero attached hydrogens (tertiary/aromatic N) is 2. The maximum atomic E-state index is 12.2. The molecule has 5 heteroatoms. The summed E-state index contributed by atoms with van der Waals surface area (Å²) in [5, 5.41) is 2.49. The van der Waals surface area contributed by atoms with Gasteiger partial charge in [-0.25, -0.2) is 0 Å². The number of nitrogens with one attached hydrogen (secondary N) is 1. The van der Waals surface area contributed by atoms with Crippen molar-refractivity contribution < 1.29 is 9.59 Å². The average molecular weight is 424 g/mol. The molecule has 1 N–H and O–H groups in total. The van der Waals surface area contributed by atoms with Gasteiger partial charge in [-0.2, -0.15) is 0 Å². The number of carbonyl (C=O) groups excluding carboxylic acids is 2.